The van der Waals surface area contributed by atoms with Gasteiger partial charge in [-0.15, -0.1) is 0 Å². The maximum Gasteiger partial charge on any atom is 0.139 e. The minimum atomic E-state index is 0.290. The largest absolute Gasteiger partial charge is 0.409 e. The van der Waals surface area contributed by atoms with Gasteiger partial charge in [0.15, 0.2) is 0 Å². The van der Waals surface area contributed by atoms with Crippen molar-refractivity contribution in [2.45, 2.75) is 25.8 Å². The monoisotopic (exact) mass is 203 g/mol. The first-order chi connectivity index (χ1) is 6.61. The van der Waals surface area contributed by atoms with Crippen LogP contribution >= 0.6 is 0 Å². The molecule has 0 radical (unpaired) electrons. The van der Waals surface area contributed by atoms with Crippen LogP contribution in [0.3, 0.4) is 0 Å². The van der Waals surface area contributed by atoms with E-state index in [0.29, 0.717) is 12.5 Å². The summed E-state index contributed by atoms with van der Waals surface area (Å²) in [6.45, 7) is 3.74. The Labute approximate surface area is 85.5 Å². The molecule has 0 aliphatic carbocycles. The summed E-state index contributed by atoms with van der Waals surface area (Å²) in [7, 11) is 3.73. The summed E-state index contributed by atoms with van der Waals surface area (Å²) < 4.78 is 5.04. The van der Waals surface area contributed by atoms with Crippen molar-refractivity contribution in [1.82, 2.24) is 4.90 Å². The first-order valence-corrected chi connectivity index (χ1v) is 4.77. The van der Waals surface area contributed by atoms with E-state index in [2.05, 4.69) is 17.0 Å². The number of oxime groups is 1. The highest BCUT2D eigenvalue weighted by molar-refractivity contribution is 5.79. The van der Waals surface area contributed by atoms with Gasteiger partial charge in [0.2, 0.25) is 0 Å². The van der Waals surface area contributed by atoms with Gasteiger partial charge in [-0.3, -0.25) is 0 Å². The van der Waals surface area contributed by atoms with Gasteiger partial charge in [-0.05, 0) is 26.9 Å². The Bertz CT molecular complexity index is 173. The second-order valence-corrected chi connectivity index (χ2v) is 3.48. The number of nitrogens with two attached hydrogens (primary N) is 1. The SMILES string of the molecule is COCC(C)N(C)CCC/C(N)=N/O. The highest BCUT2D eigenvalue weighted by Crippen LogP contribution is 1.99. The van der Waals surface area contributed by atoms with Crippen molar-refractivity contribution in [2.24, 2.45) is 10.9 Å². The summed E-state index contributed by atoms with van der Waals surface area (Å²) in [4.78, 5) is 2.19. The number of methoxy groups -OCH3 is 1. The molecule has 0 rings (SSSR count). The lowest BCUT2D eigenvalue weighted by Gasteiger charge is -2.23. The number of rotatable bonds is 7. The minimum Gasteiger partial charge on any atom is -0.409 e. The molecule has 0 amide bonds. The van der Waals surface area contributed by atoms with E-state index in [0.717, 1.165) is 19.6 Å². The van der Waals surface area contributed by atoms with Crippen molar-refractivity contribution in [3.05, 3.63) is 0 Å². The summed E-state index contributed by atoms with van der Waals surface area (Å²) >= 11 is 0. The van der Waals surface area contributed by atoms with Gasteiger partial charge in [0.05, 0.1) is 6.61 Å². The van der Waals surface area contributed by atoms with Crippen LogP contribution in [0.25, 0.3) is 0 Å². The molecule has 1 atom stereocenters. The maximum absolute atomic E-state index is 8.32. The van der Waals surface area contributed by atoms with Crippen LogP contribution in [0.5, 0.6) is 0 Å². The summed E-state index contributed by atoms with van der Waals surface area (Å²) in [5.41, 5.74) is 5.35. The second kappa shape index (κ2) is 7.58. The van der Waals surface area contributed by atoms with Gasteiger partial charge < -0.3 is 20.6 Å². The first kappa shape index (κ1) is 13.2. The topological polar surface area (TPSA) is 71.1 Å². The van der Waals surface area contributed by atoms with Gasteiger partial charge in [0.1, 0.15) is 5.84 Å². The van der Waals surface area contributed by atoms with E-state index in [9.17, 15) is 0 Å². The Kier molecular flexibility index (Phi) is 7.14. The maximum atomic E-state index is 8.32. The van der Waals surface area contributed by atoms with Gasteiger partial charge in [0, 0.05) is 19.6 Å². The number of nitrogens with zero attached hydrogens (tertiary/aromatic N) is 2. The van der Waals surface area contributed by atoms with Crippen LogP contribution in [-0.2, 0) is 4.74 Å². The Morgan fingerprint density at radius 2 is 2.29 bits per heavy atom. The van der Waals surface area contributed by atoms with Gasteiger partial charge >= 0.3 is 0 Å². The highest BCUT2D eigenvalue weighted by Gasteiger charge is 2.07. The molecule has 0 saturated carbocycles. The lowest BCUT2D eigenvalue weighted by atomic mass is 10.2. The zero-order valence-electron chi connectivity index (χ0n) is 9.23. The molecule has 84 valence electrons. The van der Waals surface area contributed by atoms with Crippen LogP contribution in [-0.4, -0.2) is 49.3 Å². The number of hydrogen-bond donors (Lipinski definition) is 2. The van der Waals surface area contributed by atoms with Crippen molar-refractivity contribution in [1.29, 1.82) is 0 Å². The number of amidine groups is 1. The van der Waals surface area contributed by atoms with Crippen LogP contribution in [0, 0.1) is 0 Å². The molecular formula is C9H21N3O2. The predicted octanol–water partition coefficient (Wildman–Crippen LogP) is 0.480. The Balaban J connectivity index is 3.57. The molecule has 0 aliphatic heterocycles. The zero-order chi connectivity index (χ0) is 11.0. The van der Waals surface area contributed by atoms with Crippen LogP contribution in [0.2, 0.25) is 0 Å². The molecular weight excluding hydrogens is 182 g/mol. The Morgan fingerprint density at radius 3 is 2.79 bits per heavy atom. The summed E-state index contributed by atoms with van der Waals surface area (Å²) in [5, 5.41) is 11.2. The molecule has 0 heterocycles. The molecule has 0 bridgehead atoms. The molecule has 14 heavy (non-hydrogen) atoms. The average Bonchev–Trinajstić information content (AvgIpc) is 2.17. The van der Waals surface area contributed by atoms with Crippen LogP contribution in [0.4, 0.5) is 0 Å². The second-order valence-electron chi connectivity index (χ2n) is 3.48. The molecule has 0 saturated heterocycles. The molecule has 1 unspecified atom stereocenters. The van der Waals surface area contributed by atoms with E-state index < -0.39 is 0 Å². The number of hydrogen-bond acceptors (Lipinski definition) is 4. The molecule has 0 aromatic carbocycles. The van der Waals surface area contributed by atoms with Crippen molar-refractivity contribution >= 4 is 5.84 Å². The number of ether oxygens (including phenoxy) is 1. The van der Waals surface area contributed by atoms with Gasteiger partial charge in [0.25, 0.3) is 0 Å². The summed E-state index contributed by atoms with van der Waals surface area (Å²) in [6, 6.07) is 0.396. The third kappa shape index (κ3) is 5.77. The molecule has 0 aliphatic rings. The molecule has 0 spiro atoms. The summed E-state index contributed by atoms with van der Waals surface area (Å²) in [5.74, 6) is 0.290. The molecule has 3 N–H and O–H groups in total. The van der Waals surface area contributed by atoms with E-state index in [-0.39, 0.29) is 5.84 Å². The van der Waals surface area contributed by atoms with Crippen molar-refractivity contribution < 1.29 is 9.94 Å². The van der Waals surface area contributed by atoms with E-state index in [4.69, 9.17) is 15.7 Å². The molecule has 0 aromatic heterocycles. The van der Waals surface area contributed by atoms with Gasteiger partial charge in [-0.25, -0.2) is 0 Å². The molecule has 5 nitrogen and oxygen atoms in total. The average molecular weight is 203 g/mol. The first-order valence-electron chi connectivity index (χ1n) is 4.77. The fourth-order valence-electron chi connectivity index (χ4n) is 1.15. The third-order valence-electron chi connectivity index (χ3n) is 2.23. The van der Waals surface area contributed by atoms with E-state index in [1.165, 1.54) is 0 Å². The minimum absolute atomic E-state index is 0.290. The predicted molar refractivity (Wildman–Crippen MR) is 56.6 cm³/mol. The van der Waals surface area contributed by atoms with Crippen LogP contribution in [0.15, 0.2) is 5.16 Å². The third-order valence-corrected chi connectivity index (χ3v) is 2.23. The smallest absolute Gasteiger partial charge is 0.139 e. The number of likely N-dealkylation sites (N-methyl/N-ethyl adjacent to an activating group) is 1. The lowest BCUT2D eigenvalue weighted by molar-refractivity contribution is 0.115. The summed E-state index contributed by atoms with van der Waals surface area (Å²) in [6.07, 6.45) is 1.51. The standard InChI is InChI=1S/C9H21N3O2/c1-8(7-14-3)12(2)6-4-5-9(10)11-13/h8,13H,4-7H2,1-3H3,(H2,10,11). The van der Waals surface area contributed by atoms with E-state index >= 15 is 0 Å². The fourth-order valence-corrected chi connectivity index (χ4v) is 1.15. The lowest BCUT2D eigenvalue weighted by Crippen LogP contribution is -2.33. The van der Waals surface area contributed by atoms with Crippen molar-refractivity contribution in [3.8, 4) is 0 Å². The molecule has 5 heteroatoms. The van der Waals surface area contributed by atoms with Crippen LogP contribution < -0.4 is 5.73 Å². The normalized spacial score (nSPS) is 14.7. The van der Waals surface area contributed by atoms with E-state index in [1.54, 1.807) is 7.11 Å². The van der Waals surface area contributed by atoms with Crippen molar-refractivity contribution in [3.63, 3.8) is 0 Å². The van der Waals surface area contributed by atoms with Gasteiger partial charge in [-0.1, -0.05) is 5.16 Å². The Hall–Kier alpha value is -0.810. The zero-order valence-corrected chi connectivity index (χ0v) is 9.23. The van der Waals surface area contributed by atoms with E-state index in [1.807, 2.05) is 7.05 Å². The Morgan fingerprint density at radius 1 is 1.64 bits per heavy atom. The van der Waals surface area contributed by atoms with Crippen molar-refractivity contribution in [2.75, 3.05) is 27.3 Å². The van der Waals surface area contributed by atoms with Gasteiger partial charge in [-0.2, -0.15) is 0 Å². The van der Waals surface area contributed by atoms with Crippen LogP contribution in [0.1, 0.15) is 19.8 Å². The molecule has 0 fully saturated rings. The highest BCUT2D eigenvalue weighted by atomic mass is 16.5. The fraction of sp³-hybridized carbons (Fsp3) is 0.889. The quantitative estimate of drug-likeness (QED) is 0.273. The molecule has 0 aromatic rings.